The van der Waals surface area contributed by atoms with E-state index in [0.29, 0.717) is 0 Å². The fourth-order valence-corrected chi connectivity index (χ4v) is 2.30. The van der Waals surface area contributed by atoms with Gasteiger partial charge in [-0.3, -0.25) is 0 Å². The Labute approximate surface area is 96.6 Å². The zero-order valence-electron chi connectivity index (χ0n) is 8.69. The monoisotopic (exact) mass is 280 g/mol. The molecule has 2 aliphatic rings. The maximum absolute atomic E-state index is 13.3. The highest BCUT2D eigenvalue weighted by Crippen LogP contribution is 2.56. The van der Waals surface area contributed by atoms with Crippen LogP contribution in [-0.4, -0.2) is 30.1 Å². The summed E-state index contributed by atoms with van der Waals surface area (Å²) in [4.78, 5) is 0. The van der Waals surface area contributed by atoms with Crippen molar-refractivity contribution in [3.05, 3.63) is 12.2 Å². The van der Waals surface area contributed by atoms with Crippen LogP contribution in [0.5, 0.6) is 0 Å². The van der Waals surface area contributed by atoms with E-state index in [2.05, 4.69) is 0 Å². The predicted octanol–water partition coefficient (Wildman–Crippen LogP) is 3.77. The molecule has 0 saturated heterocycles. The van der Waals surface area contributed by atoms with Crippen LogP contribution in [0.3, 0.4) is 0 Å². The third-order valence-corrected chi connectivity index (χ3v) is 3.43. The molecule has 1 fully saturated rings. The van der Waals surface area contributed by atoms with Gasteiger partial charge in [-0.15, -0.1) is 0 Å². The molecule has 0 nitrogen and oxygen atoms in total. The Bertz CT molecular complexity index is 342. The van der Waals surface area contributed by atoms with Gasteiger partial charge >= 0.3 is 17.8 Å². The fraction of sp³-hybridized carbons (Fsp3) is 0.800. The molecular formula is C10H8F8. The van der Waals surface area contributed by atoms with Crippen LogP contribution in [0.25, 0.3) is 0 Å². The van der Waals surface area contributed by atoms with E-state index in [1.165, 1.54) is 0 Å². The van der Waals surface area contributed by atoms with Crippen LogP contribution in [0.1, 0.15) is 6.42 Å². The van der Waals surface area contributed by atoms with Crippen LogP contribution in [0.15, 0.2) is 12.2 Å². The zero-order valence-corrected chi connectivity index (χ0v) is 8.69. The molecule has 4 unspecified atom stereocenters. The molecule has 8 heteroatoms. The summed E-state index contributed by atoms with van der Waals surface area (Å²) in [7, 11) is 0. The van der Waals surface area contributed by atoms with Crippen molar-refractivity contribution in [1.82, 2.24) is 0 Å². The van der Waals surface area contributed by atoms with E-state index in [0.717, 1.165) is 12.2 Å². The number of allylic oxidation sites excluding steroid dienone is 2. The second-order valence-corrected chi connectivity index (χ2v) is 4.57. The Balaban J connectivity index is 2.55. The summed E-state index contributed by atoms with van der Waals surface area (Å²) in [5.41, 5.74) is 0. The van der Waals surface area contributed by atoms with Crippen LogP contribution >= 0.6 is 0 Å². The third kappa shape index (κ3) is 1.43. The first kappa shape index (κ1) is 13.6. The molecule has 0 radical (unpaired) electrons. The standard InChI is InChI=1S/C10H8F8/c11-6-4-1-2-5(3-4)7(12)9(15,16)10(17,18)8(6,13)14/h1-2,4-7H,3H2. The molecule has 18 heavy (non-hydrogen) atoms. The van der Waals surface area contributed by atoms with Crippen molar-refractivity contribution in [2.24, 2.45) is 11.8 Å². The maximum Gasteiger partial charge on any atom is 0.377 e. The first-order valence-corrected chi connectivity index (χ1v) is 5.13. The molecule has 0 aliphatic heterocycles. The lowest BCUT2D eigenvalue weighted by Crippen LogP contribution is -2.64. The molecule has 0 aromatic heterocycles. The van der Waals surface area contributed by atoms with Gasteiger partial charge in [0.25, 0.3) is 0 Å². The van der Waals surface area contributed by atoms with Crippen LogP contribution in [0.4, 0.5) is 35.1 Å². The van der Waals surface area contributed by atoms with Crippen molar-refractivity contribution in [3.8, 4) is 0 Å². The average molecular weight is 280 g/mol. The van der Waals surface area contributed by atoms with Gasteiger partial charge < -0.3 is 0 Å². The van der Waals surface area contributed by atoms with E-state index >= 15 is 0 Å². The van der Waals surface area contributed by atoms with E-state index in [1.54, 1.807) is 0 Å². The van der Waals surface area contributed by atoms with Crippen molar-refractivity contribution < 1.29 is 35.1 Å². The highest BCUT2D eigenvalue weighted by atomic mass is 19.4. The van der Waals surface area contributed by atoms with E-state index in [-0.39, 0.29) is 0 Å². The number of hydrogen-bond donors (Lipinski definition) is 0. The lowest BCUT2D eigenvalue weighted by atomic mass is 9.81. The molecule has 2 rings (SSSR count). The Morgan fingerprint density at radius 3 is 1.39 bits per heavy atom. The van der Waals surface area contributed by atoms with Gasteiger partial charge in [0.05, 0.1) is 0 Å². The van der Waals surface area contributed by atoms with Crippen molar-refractivity contribution in [2.75, 3.05) is 0 Å². The molecular weight excluding hydrogens is 272 g/mol. The van der Waals surface area contributed by atoms with Crippen molar-refractivity contribution in [1.29, 1.82) is 0 Å². The highest BCUT2D eigenvalue weighted by molar-refractivity contribution is 5.17. The molecule has 4 atom stereocenters. The molecule has 0 aromatic carbocycles. The van der Waals surface area contributed by atoms with Crippen LogP contribution in [0.2, 0.25) is 0 Å². The van der Waals surface area contributed by atoms with Gasteiger partial charge in [-0.25, -0.2) is 8.78 Å². The Hall–Kier alpha value is -0.820. The summed E-state index contributed by atoms with van der Waals surface area (Å²) >= 11 is 0. The second kappa shape index (κ2) is 3.60. The lowest BCUT2D eigenvalue weighted by molar-refractivity contribution is -0.348. The highest BCUT2D eigenvalue weighted by Gasteiger charge is 2.79. The first-order valence-electron chi connectivity index (χ1n) is 5.13. The molecule has 104 valence electrons. The fourth-order valence-electron chi connectivity index (χ4n) is 2.30. The molecule has 0 aromatic rings. The molecule has 1 saturated carbocycles. The minimum absolute atomic E-state index is 0.663. The van der Waals surface area contributed by atoms with Crippen molar-refractivity contribution in [3.63, 3.8) is 0 Å². The van der Waals surface area contributed by atoms with Gasteiger partial charge in [0.2, 0.25) is 0 Å². The number of hydrogen-bond acceptors (Lipinski definition) is 0. The van der Waals surface area contributed by atoms with Crippen LogP contribution in [0, 0.1) is 11.8 Å². The maximum atomic E-state index is 13.3. The Kier molecular flexibility index (Phi) is 2.72. The Morgan fingerprint density at radius 1 is 0.722 bits per heavy atom. The van der Waals surface area contributed by atoms with Crippen molar-refractivity contribution in [2.45, 2.75) is 36.5 Å². The van der Waals surface area contributed by atoms with Gasteiger partial charge in [0.15, 0.2) is 12.3 Å². The van der Waals surface area contributed by atoms with E-state index < -0.39 is 48.4 Å². The first-order chi connectivity index (χ1) is 8.03. The number of rotatable bonds is 0. The normalized spacial score (nSPS) is 44.4. The number of fused-ring (bicyclic) bond motifs is 2. The van der Waals surface area contributed by atoms with E-state index in [1.807, 2.05) is 0 Å². The number of halogens is 8. The summed E-state index contributed by atoms with van der Waals surface area (Å²) in [5, 5.41) is 0. The quantitative estimate of drug-likeness (QED) is 0.468. The summed E-state index contributed by atoms with van der Waals surface area (Å²) < 4.78 is 105. The second-order valence-electron chi connectivity index (χ2n) is 4.57. The number of alkyl halides is 8. The van der Waals surface area contributed by atoms with E-state index in [9.17, 15) is 35.1 Å². The minimum Gasteiger partial charge on any atom is -0.240 e. The summed E-state index contributed by atoms with van der Waals surface area (Å²) in [6, 6.07) is 0. The van der Waals surface area contributed by atoms with Gasteiger partial charge in [0.1, 0.15) is 0 Å². The lowest BCUT2D eigenvalue weighted by Gasteiger charge is -2.40. The SMILES string of the molecule is FC1C2C=CC(C2)C(F)C(F)(F)C(F)(F)C1(F)F. The van der Waals surface area contributed by atoms with Gasteiger partial charge in [-0.2, -0.15) is 26.3 Å². The zero-order chi connectivity index (χ0) is 13.9. The molecule has 0 N–H and O–H groups in total. The largest absolute Gasteiger partial charge is 0.377 e. The average Bonchev–Trinajstić information content (AvgIpc) is 2.74. The van der Waals surface area contributed by atoms with Gasteiger partial charge in [0, 0.05) is 11.8 Å². The van der Waals surface area contributed by atoms with Gasteiger partial charge in [-0.1, -0.05) is 12.2 Å². The summed E-state index contributed by atoms with van der Waals surface area (Å²) in [6.45, 7) is 0. The molecule has 2 aliphatic carbocycles. The predicted molar refractivity (Wildman–Crippen MR) is 45.4 cm³/mol. The van der Waals surface area contributed by atoms with Crippen LogP contribution < -0.4 is 0 Å². The third-order valence-electron chi connectivity index (χ3n) is 3.43. The molecule has 0 heterocycles. The molecule has 0 spiro atoms. The summed E-state index contributed by atoms with van der Waals surface area (Å²) in [5.74, 6) is -20.7. The van der Waals surface area contributed by atoms with Crippen LogP contribution in [-0.2, 0) is 0 Å². The van der Waals surface area contributed by atoms with Gasteiger partial charge in [-0.05, 0) is 6.42 Å². The molecule has 2 bridgehead atoms. The van der Waals surface area contributed by atoms with E-state index in [4.69, 9.17) is 0 Å². The Morgan fingerprint density at radius 2 is 1.06 bits per heavy atom. The molecule has 0 amide bonds. The smallest absolute Gasteiger partial charge is 0.240 e. The topological polar surface area (TPSA) is 0 Å². The summed E-state index contributed by atoms with van der Waals surface area (Å²) in [6.07, 6.45) is -6.08. The van der Waals surface area contributed by atoms with Crippen molar-refractivity contribution >= 4 is 0 Å². The minimum atomic E-state index is -6.07.